The third-order valence-corrected chi connectivity index (χ3v) is 9.28. The molecule has 0 aliphatic carbocycles. The van der Waals surface area contributed by atoms with Gasteiger partial charge in [-0.1, -0.05) is 194 Å². The smallest absolute Gasteiger partial charge is 0.344 e. The number of carbonyl (C=O) groups excluding carboxylic acids is 2. The van der Waals surface area contributed by atoms with Gasteiger partial charge in [0, 0.05) is 50.6 Å². The monoisotopic (exact) mass is 753 g/mol. The van der Waals surface area contributed by atoms with E-state index in [-0.39, 0.29) is 37.7 Å². The second-order valence-electron chi connectivity index (χ2n) is 14.3. The fraction of sp³-hybridized carbons (Fsp3) is 0.905. The standard InChI is InChI=1S/2C21H40O4.Ca/c2*1-3-4-5-6-7-8-9-10-11-12-13-14-15-16-17-18-20(22)25-19(2)21(23)24;/h2*19H,3-18H2,1-2H3,(H,23,24);. The quantitative estimate of drug-likeness (QED) is 0.0368. The summed E-state index contributed by atoms with van der Waals surface area (Å²) in [6.07, 6.45) is 37.2. The molecule has 0 heterocycles. The summed E-state index contributed by atoms with van der Waals surface area (Å²) in [5.41, 5.74) is 0. The maximum Gasteiger partial charge on any atom is 0.344 e. The zero-order valence-corrected chi connectivity index (χ0v) is 36.0. The van der Waals surface area contributed by atoms with Crippen molar-refractivity contribution < 1.29 is 38.9 Å². The Morgan fingerprint density at radius 3 is 0.725 bits per heavy atom. The van der Waals surface area contributed by atoms with E-state index in [0.717, 1.165) is 38.5 Å². The van der Waals surface area contributed by atoms with E-state index >= 15 is 0 Å². The molecule has 0 saturated carbocycles. The molecule has 0 bridgehead atoms. The van der Waals surface area contributed by atoms with Crippen molar-refractivity contribution in [3.63, 3.8) is 0 Å². The van der Waals surface area contributed by atoms with E-state index < -0.39 is 36.1 Å². The van der Waals surface area contributed by atoms with Gasteiger partial charge in [-0.15, -0.1) is 0 Å². The molecule has 0 saturated heterocycles. The number of rotatable bonds is 36. The molecule has 0 aromatic rings. The van der Waals surface area contributed by atoms with E-state index in [9.17, 15) is 19.2 Å². The Balaban J connectivity index is -0.000000886. The summed E-state index contributed by atoms with van der Waals surface area (Å²) in [5, 5.41) is 17.3. The molecule has 2 radical (unpaired) electrons. The van der Waals surface area contributed by atoms with Crippen LogP contribution in [0, 0.1) is 0 Å². The van der Waals surface area contributed by atoms with Gasteiger partial charge in [0.05, 0.1) is 0 Å². The molecule has 2 unspecified atom stereocenters. The SMILES string of the molecule is CCCCCCCCCCCCCCCCCC(=O)OC(C)C(=O)O.CCCCCCCCCCCCCCCCCC(=O)OC(C)C(=O)O.[Ca]. The van der Waals surface area contributed by atoms with Crippen molar-refractivity contribution >= 4 is 61.6 Å². The van der Waals surface area contributed by atoms with Gasteiger partial charge >= 0.3 is 23.9 Å². The van der Waals surface area contributed by atoms with Gasteiger partial charge < -0.3 is 19.7 Å². The maximum absolute atomic E-state index is 11.4. The molecule has 9 heteroatoms. The second-order valence-corrected chi connectivity index (χ2v) is 14.3. The second kappa shape index (κ2) is 43.5. The number of carboxylic acids is 2. The van der Waals surface area contributed by atoms with Crippen molar-refractivity contribution in [3.05, 3.63) is 0 Å². The molecule has 0 spiro atoms. The summed E-state index contributed by atoms with van der Waals surface area (Å²) in [6, 6.07) is 0. The van der Waals surface area contributed by atoms with Crippen molar-refractivity contribution in [2.75, 3.05) is 0 Å². The van der Waals surface area contributed by atoms with Crippen LogP contribution in [0.3, 0.4) is 0 Å². The first-order valence-electron chi connectivity index (χ1n) is 21.0. The van der Waals surface area contributed by atoms with Crippen molar-refractivity contribution in [1.82, 2.24) is 0 Å². The predicted octanol–water partition coefficient (Wildman–Crippen LogP) is 12.1. The number of carboxylic acid groups (broad SMARTS) is 2. The summed E-state index contributed by atoms with van der Waals surface area (Å²) in [6.45, 7) is 7.28. The van der Waals surface area contributed by atoms with Crippen molar-refractivity contribution in [2.45, 2.75) is 245 Å². The minimum atomic E-state index is -1.09. The Hall–Kier alpha value is -0.860. The normalized spacial score (nSPS) is 11.8. The van der Waals surface area contributed by atoms with Crippen molar-refractivity contribution in [2.24, 2.45) is 0 Å². The summed E-state index contributed by atoms with van der Waals surface area (Å²) >= 11 is 0. The van der Waals surface area contributed by atoms with Crippen LogP contribution in [-0.2, 0) is 28.7 Å². The van der Waals surface area contributed by atoms with Crippen LogP contribution < -0.4 is 0 Å². The number of aliphatic carboxylic acids is 2. The fourth-order valence-corrected chi connectivity index (χ4v) is 5.89. The third kappa shape index (κ3) is 45.2. The van der Waals surface area contributed by atoms with Gasteiger partial charge in [-0.3, -0.25) is 9.59 Å². The summed E-state index contributed by atoms with van der Waals surface area (Å²) in [4.78, 5) is 44.0. The van der Waals surface area contributed by atoms with Crippen LogP contribution >= 0.6 is 0 Å². The molecule has 0 aromatic heterocycles. The number of ether oxygens (including phenoxy) is 2. The van der Waals surface area contributed by atoms with Gasteiger partial charge in [-0.2, -0.15) is 0 Å². The Morgan fingerprint density at radius 2 is 0.549 bits per heavy atom. The first kappa shape index (κ1) is 54.5. The van der Waals surface area contributed by atoms with Gasteiger partial charge in [-0.05, 0) is 26.7 Å². The van der Waals surface area contributed by atoms with Crippen molar-refractivity contribution in [1.29, 1.82) is 0 Å². The molecule has 0 aromatic carbocycles. The molecule has 2 atom stereocenters. The zero-order chi connectivity index (χ0) is 37.5. The number of carbonyl (C=O) groups is 4. The van der Waals surface area contributed by atoms with Crippen LogP contribution in [0.1, 0.15) is 233 Å². The molecular formula is C42H80CaO8. The van der Waals surface area contributed by atoms with Gasteiger partial charge in [-0.25, -0.2) is 9.59 Å². The first-order chi connectivity index (χ1) is 24.1. The molecule has 51 heavy (non-hydrogen) atoms. The van der Waals surface area contributed by atoms with E-state index in [1.807, 2.05) is 0 Å². The minimum Gasteiger partial charge on any atom is -0.479 e. The summed E-state index contributed by atoms with van der Waals surface area (Å²) in [7, 11) is 0. The fourth-order valence-electron chi connectivity index (χ4n) is 5.89. The molecule has 2 N–H and O–H groups in total. The van der Waals surface area contributed by atoms with E-state index in [2.05, 4.69) is 13.8 Å². The number of esters is 2. The van der Waals surface area contributed by atoms with Crippen LogP contribution in [-0.4, -0.2) is 84.0 Å². The Kier molecular flexibility index (Phi) is 46.5. The Morgan fingerprint density at radius 1 is 0.373 bits per heavy atom. The van der Waals surface area contributed by atoms with Gasteiger partial charge in [0.1, 0.15) is 0 Å². The van der Waals surface area contributed by atoms with E-state index in [0.29, 0.717) is 12.8 Å². The van der Waals surface area contributed by atoms with Crippen molar-refractivity contribution in [3.8, 4) is 0 Å². The summed E-state index contributed by atoms with van der Waals surface area (Å²) in [5.74, 6) is -2.98. The molecular weight excluding hydrogens is 673 g/mol. The number of hydrogen-bond donors (Lipinski definition) is 2. The topological polar surface area (TPSA) is 127 Å². The van der Waals surface area contributed by atoms with E-state index in [1.54, 1.807) is 0 Å². The van der Waals surface area contributed by atoms with Crippen LogP contribution in [0.4, 0.5) is 0 Å². The molecule has 0 aliphatic rings. The molecule has 0 amide bonds. The Labute approximate surface area is 343 Å². The van der Waals surface area contributed by atoms with E-state index in [4.69, 9.17) is 19.7 Å². The number of unbranched alkanes of at least 4 members (excludes halogenated alkanes) is 28. The largest absolute Gasteiger partial charge is 0.479 e. The molecule has 8 nitrogen and oxygen atoms in total. The summed E-state index contributed by atoms with van der Waals surface area (Å²) < 4.78 is 9.58. The van der Waals surface area contributed by atoms with Gasteiger partial charge in [0.15, 0.2) is 12.2 Å². The molecule has 0 aliphatic heterocycles. The number of hydrogen-bond acceptors (Lipinski definition) is 6. The van der Waals surface area contributed by atoms with Gasteiger partial charge in [0.2, 0.25) is 0 Å². The van der Waals surface area contributed by atoms with E-state index in [1.165, 1.54) is 168 Å². The Bertz CT molecular complexity index is 727. The maximum atomic E-state index is 11.4. The minimum absolute atomic E-state index is 0. The average Bonchev–Trinajstić information content (AvgIpc) is 3.08. The first-order valence-corrected chi connectivity index (χ1v) is 21.0. The zero-order valence-electron chi connectivity index (χ0n) is 33.8. The molecule has 298 valence electrons. The molecule has 0 fully saturated rings. The van der Waals surface area contributed by atoms with Gasteiger partial charge in [0.25, 0.3) is 0 Å². The van der Waals surface area contributed by atoms with Crippen LogP contribution in [0.2, 0.25) is 0 Å². The van der Waals surface area contributed by atoms with Crippen LogP contribution in [0.25, 0.3) is 0 Å². The molecule has 0 rings (SSSR count). The third-order valence-electron chi connectivity index (χ3n) is 9.28. The van der Waals surface area contributed by atoms with Crippen LogP contribution in [0.15, 0.2) is 0 Å². The van der Waals surface area contributed by atoms with Crippen LogP contribution in [0.5, 0.6) is 0 Å². The average molecular weight is 753 g/mol. The predicted molar refractivity (Wildman–Crippen MR) is 211 cm³/mol.